The van der Waals surface area contributed by atoms with Crippen LogP contribution in [0.3, 0.4) is 0 Å². The lowest BCUT2D eigenvalue weighted by atomic mass is 9.58. The Morgan fingerprint density at radius 2 is 1.92 bits per heavy atom. The van der Waals surface area contributed by atoms with Gasteiger partial charge >= 0.3 is 0 Å². The number of piperidine rings is 1. The maximum absolute atomic E-state index is 14.0. The molecule has 2 aliphatic carbocycles. The summed E-state index contributed by atoms with van der Waals surface area (Å²) in [6, 6.07) is 0. The van der Waals surface area contributed by atoms with Gasteiger partial charge in [0.2, 0.25) is 23.6 Å². The molecule has 2 aliphatic heterocycles. The molecule has 0 radical (unpaired) electrons. The molecule has 0 bridgehead atoms. The first kappa shape index (κ1) is 28.4. The Kier molecular flexibility index (Phi) is 9.43. The number of ether oxygens (including phenoxy) is 1. The average Bonchev–Trinajstić information content (AvgIpc) is 2.92. The van der Waals surface area contributed by atoms with Crippen molar-refractivity contribution in [3.8, 4) is 0 Å². The first-order valence-corrected chi connectivity index (χ1v) is 14.1. The number of nitrogens with zero attached hydrogens (tertiary/aromatic N) is 1. The molecule has 0 saturated carbocycles. The van der Waals surface area contributed by atoms with Crippen molar-refractivity contribution in [1.82, 2.24) is 10.6 Å². The Morgan fingerprint density at radius 1 is 1.10 bits per heavy atom. The third-order valence-electron chi connectivity index (χ3n) is 7.75. The molecule has 2 heterocycles. The van der Waals surface area contributed by atoms with E-state index in [1.165, 1.54) is 6.08 Å². The van der Waals surface area contributed by atoms with Crippen LogP contribution in [0, 0.1) is 17.3 Å². The minimum absolute atomic E-state index is 0.0939. The number of carbonyl (C=O) groups is 5. The van der Waals surface area contributed by atoms with Crippen LogP contribution in [0.25, 0.3) is 0 Å². The molecule has 0 aromatic rings. The monoisotopic (exact) mass is 535 g/mol. The maximum atomic E-state index is 14.0. The summed E-state index contributed by atoms with van der Waals surface area (Å²) < 4.78 is 5.99. The van der Waals surface area contributed by atoms with E-state index >= 15 is 0 Å². The van der Waals surface area contributed by atoms with Crippen LogP contribution in [0.2, 0.25) is 0 Å². The molecule has 9 heteroatoms. The Hall–Kier alpha value is -3.62. The van der Waals surface area contributed by atoms with Crippen LogP contribution < -0.4 is 10.6 Å². The smallest absolute Gasteiger partial charge is 0.230 e. The molecule has 4 rings (SSSR count). The number of allylic oxidation sites excluding steroid dienone is 6. The van der Waals surface area contributed by atoms with Crippen LogP contribution >= 0.6 is 0 Å². The molecule has 9 nitrogen and oxygen atoms in total. The highest BCUT2D eigenvalue weighted by Crippen LogP contribution is 2.50. The SMILES string of the molecule is CCCCCC(=O)NCCCCCCOC1=NC=C2C=CC=CC23C(=O)C(C2CCC(=O)NC2=O)C(=O)C=C13. The fourth-order valence-corrected chi connectivity index (χ4v) is 5.61. The maximum Gasteiger partial charge on any atom is 0.230 e. The fraction of sp³-hybridized carbons (Fsp3) is 0.533. The molecule has 4 aliphatic rings. The van der Waals surface area contributed by atoms with Gasteiger partial charge in [0, 0.05) is 31.2 Å². The summed E-state index contributed by atoms with van der Waals surface area (Å²) in [6.07, 6.45) is 17.5. The third kappa shape index (κ3) is 6.18. The lowest BCUT2D eigenvalue weighted by Gasteiger charge is -2.42. The number of ketones is 2. The van der Waals surface area contributed by atoms with Crippen molar-refractivity contribution in [1.29, 1.82) is 0 Å². The Labute approximate surface area is 228 Å². The van der Waals surface area contributed by atoms with Crippen LogP contribution in [0.5, 0.6) is 0 Å². The molecule has 3 atom stereocenters. The van der Waals surface area contributed by atoms with E-state index < -0.39 is 34.8 Å². The van der Waals surface area contributed by atoms with Gasteiger partial charge in [0.05, 0.1) is 18.4 Å². The molecule has 3 unspecified atom stereocenters. The van der Waals surface area contributed by atoms with Crippen molar-refractivity contribution in [2.75, 3.05) is 13.2 Å². The molecule has 3 amide bonds. The number of aliphatic imine (C=N–C) groups is 1. The van der Waals surface area contributed by atoms with Gasteiger partial charge in [-0.2, -0.15) is 0 Å². The Balaban J connectivity index is 1.35. The summed E-state index contributed by atoms with van der Waals surface area (Å²) in [5.41, 5.74) is -0.235. The van der Waals surface area contributed by atoms with E-state index in [9.17, 15) is 24.0 Å². The fourth-order valence-electron chi connectivity index (χ4n) is 5.61. The lowest BCUT2D eigenvalue weighted by molar-refractivity contribution is -0.147. The van der Waals surface area contributed by atoms with Crippen molar-refractivity contribution in [2.24, 2.45) is 22.2 Å². The number of imide groups is 1. The quantitative estimate of drug-likeness (QED) is 0.224. The number of hydrogen-bond donors (Lipinski definition) is 2. The van der Waals surface area contributed by atoms with Crippen molar-refractivity contribution in [3.05, 3.63) is 47.7 Å². The minimum Gasteiger partial charge on any atom is -0.477 e. The van der Waals surface area contributed by atoms with Crippen LogP contribution in [0.15, 0.2) is 52.7 Å². The standard InChI is InChI=1S/C30H37N3O6/c1-2-3-6-12-24(35)31-16-9-4-5-10-17-39-29-22-18-23(34)26(21-13-14-25(36)33-28(21)38)27(37)30(22)15-8-7-11-20(30)19-32-29/h7-8,11,15,18-19,21,26H,2-6,9-10,12-14,16-17H2,1H3,(H,31,35)(H,33,36,38). The first-order chi connectivity index (χ1) is 18.9. The van der Waals surface area contributed by atoms with E-state index in [0.29, 0.717) is 30.7 Å². The predicted octanol–water partition coefficient (Wildman–Crippen LogP) is 3.42. The third-order valence-corrected chi connectivity index (χ3v) is 7.75. The first-order valence-electron chi connectivity index (χ1n) is 14.1. The highest BCUT2D eigenvalue weighted by atomic mass is 16.5. The normalized spacial score (nSPS) is 25.7. The zero-order chi connectivity index (χ0) is 27.8. The zero-order valence-corrected chi connectivity index (χ0v) is 22.5. The van der Waals surface area contributed by atoms with E-state index in [1.54, 1.807) is 30.5 Å². The number of nitrogens with one attached hydrogen (secondary N) is 2. The van der Waals surface area contributed by atoms with Gasteiger partial charge in [-0.05, 0) is 37.3 Å². The van der Waals surface area contributed by atoms with Gasteiger partial charge in [-0.15, -0.1) is 0 Å². The summed E-state index contributed by atoms with van der Waals surface area (Å²) in [6.45, 7) is 3.15. The summed E-state index contributed by atoms with van der Waals surface area (Å²) in [4.78, 5) is 67.6. The van der Waals surface area contributed by atoms with E-state index in [4.69, 9.17) is 4.74 Å². The van der Waals surface area contributed by atoms with Crippen LogP contribution in [-0.2, 0) is 28.7 Å². The zero-order valence-electron chi connectivity index (χ0n) is 22.5. The molecular weight excluding hydrogens is 498 g/mol. The molecule has 1 fully saturated rings. The molecule has 1 saturated heterocycles. The lowest BCUT2D eigenvalue weighted by Crippen LogP contribution is -2.54. The second-order valence-electron chi connectivity index (χ2n) is 10.5. The predicted molar refractivity (Wildman–Crippen MR) is 145 cm³/mol. The van der Waals surface area contributed by atoms with Crippen LogP contribution in [0.4, 0.5) is 0 Å². The van der Waals surface area contributed by atoms with Crippen molar-refractivity contribution in [2.45, 2.75) is 71.1 Å². The van der Waals surface area contributed by atoms with Gasteiger partial charge in [-0.25, -0.2) is 4.99 Å². The average molecular weight is 536 g/mol. The molecule has 0 aromatic heterocycles. The number of carbonyl (C=O) groups excluding carboxylic acids is 5. The number of unbranched alkanes of at least 4 members (excludes halogenated alkanes) is 5. The highest BCUT2D eigenvalue weighted by molar-refractivity contribution is 6.24. The van der Waals surface area contributed by atoms with Crippen molar-refractivity contribution < 1.29 is 28.7 Å². The minimum atomic E-state index is -1.25. The molecule has 208 valence electrons. The number of Topliss-reactive ketones (excluding diaryl/α,β-unsaturated/α-hetero) is 1. The Bertz CT molecular complexity index is 1180. The van der Waals surface area contributed by atoms with Gasteiger partial charge in [-0.3, -0.25) is 29.3 Å². The van der Waals surface area contributed by atoms with E-state index in [1.807, 2.05) is 0 Å². The van der Waals surface area contributed by atoms with Gasteiger partial charge in [0.1, 0.15) is 5.41 Å². The van der Waals surface area contributed by atoms with Crippen molar-refractivity contribution >= 4 is 35.2 Å². The van der Waals surface area contributed by atoms with Gasteiger partial charge < -0.3 is 10.1 Å². The topological polar surface area (TPSA) is 131 Å². The number of rotatable bonds is 12. The van der Waals surface area contributed by atoms with E-state index in [0.717, 1.165) is 44.9 Å². The molecule has 39 heavy (non-hydrogen) atoms. The van der Waals surface area contributed by atoms with E-state index in [-0.39, 0.29) is 30.4 Å². The van der Waals surface area contributed by atoms with Crippen LogP contribution in [0.1, 0.15) is 71.1 Å². The summed E-state index contributed by atoms with van der Waals surface area (Å²) in [5.74, 6) is -3.54. The molecule has 1 spiro atoms. The van der Waals surface area contributed by atoms with Gasteiger partial charge in [0.25, 0.3) is 0 Å². The summed E-state index contributed by atoms with van der Waals surface area (Å²) in [5, 5.41) is 5.23. The molecular formula is C30H37N3O6. The van der Waals surface area contributed by atoms with E-state index in [2.05, 4.69) is 22.5 Å². The number of hydrogen-bond acceptors (Lipinski definition) is 7. The summed E-state index contributed by atoms with van der Waals surface area (Å²) in [7, 11) is 0. The Morgan fingerprint density at radius 3 is 2.72 bits per heavy atom. The van der Waals surface area contributed by atoms with Gasteiger partial charge in [0.15, 0.2) is 11.6 Å². The molecule has 0 aromatic carbocycles. The highest BCUT2D eigenvalue weighted by Gasteiger charge is 2.57. The van der Waals surface area contributed by atoms with Crippen molar-refractivity contribution in [3.63, 3.8) is 0 Å². The van der Waals surface area contributed by atoms with Crippen LogP contribution in [-0.4, -0.2) is 48.3 Å². The second-order valence-corrected chi connectivity index (χ2v) is 10.5. The second kappa shape index (κ2) is 13.0. The number of amides is 3. The largest absolute Gasteiger partial charge is 0.477 e. The molecule has 2 N–H and O–H groups in total. The van der Waals surface area contributed by atoms with Gasteiger partial charge in [-0.1, -0.05) is 56.9 Å². The summed E-state index contributed by atoms with van der Waals surface area (Å²) >= 11 is 0.